The number of amides is 2. The van der Waals surface area contributed by atoms with E-state index in [-0.39, 0.29) is 11.8 Å². The number of aryl methyl sites for hydroxylation is 1. The molecule has 0 aliphatic carbocycles. The van der Waals surface area contributed by atoms with Crippen LogP contribution in [0.15, 0.2) is 43.2 Å². The molecule has 0 radical (unpaired) electrons. The molecule has 6 rings (SSSR count). The minimum Gasteiger partial charge on any atom is -0.383 e. The lowest BCUT2D eigenvalue weighted by Crippen LogP contribution is -2.36. The number of pyridine rings is 1. The Bertz CT molecular complexity index is 1510. The lowest BCUT2D eigenvalue weighted by atomic mass is 10.0. The van der Waals surface area contributed by atoms with E-state index in [2.05, 4.69) is 35.7 Å². The van der Waals surface area contributed by atoms with Crippen LogP contribution in [0.1, 0.15) is 41.7 Å². The predicted molar refractivity (Wildman–Crippen MR) is 144 cm³/mol. The third-order valence-electron chi connectivity index (χ3n) is 7.65. The normalized spacial score (nSPS) is 18.6. The minimum atomic E-state index is -0.339. The van der Waals surface area contributed by atoms with E-state index in [4.69, 9.17) is 4.74 Å². The number of anilines is 2. The second kappa shape index (κ2) is 10.5. The second-order valence-electron chi connectivity index (χ2n) is 10.1. The Labute approximate surface area is 225 Å². The fourth-order valence-corrected chi connectivity index (χ4v) is 5.57. The molecular formula is C27H31N9O3. The molecule has 2 N–H and O–H groups in total. The SMILES string of the molecule is COCCn1cc(-c2cn3ncc(C(=O)Nc4cc(NC(=O)CN5C6CCC5CC6)cnc4C)c3cn2)cn1. The van der Waals surface area contributed by atoms with Crippen molar-refractivity contribution >= 4 is 28.7 Å². The number of methoxy groups -OCH3 is 1. The first-order chi connectivity index (χ1) is 19.0. The summed E-state index contributed by atoms with van der Waals surface area (Å²) in [5.41, 5.74) is 4.18. The molecule has 2 aliphatic rings. The number of rotatable bonds is 9. The van der Waals surface area contributed by atoms with Crippen LogP contribution in [-0.4, -0.2) is 78.4 Å². The first-order valence-electron chi connectivity index (χ1n) is 13.2. The Morgan fingerprint density at radius 1 is 1.00 bits per heavy atom. The van der Waals surface area contributed by atoms with Crippen LogP contribution in [0.2, 0.25) is 0 Å². The summed E-state index contributed by atoms with van der Waals surface area (Å²) >= 11 is 0. The van der Waals surface area contributed by atoms with E-state index in [0.717, 1.165) is 5.56 Å². The van der Waals surface area contributed by atoms with Gasteiger partial charge in [-0.15, -0.1) is 0 Å². The lowest BCUT2D eigenvalue weighted by Gasteiger charge is -2.20. The van der Waals surface area contributed by atoms with Crippen molar-refractivity contribution in [1.29, 1.82) is 0 Å². The Morgan fingerprint density at radius 3 is 2.56 bits per heavy atom. The zero-order chi connectivity index (χ0) is 26.9. The van der Waals surface area contributed by atoms with Gasteiger partial charge in [0.05, 0.1) is 84.5 Å². The van der Waals surface area contributed by atoms with Gasteiger partial charge in [0.15, 0.2) is 0 Å². The average Bonchev–Trinajstić information content (AvgIpc) is 3.73. The minimum absolute atomic E-state index is 0.0644. The number of fused-ring (bicyclic) bond motifs is 3. The molecule has 39 heavy (non-hydrogen) atoms. The summed E-state index contributed by atoms with van der Waals surface area (Å²) in [6, 6.07) is 2.79. The zero-order valence-corrected chi connectivity index (χ0v) is 22.0. The summed E-state index contributed by atoms with van der Waals surface area (Å²) in [7, 11) is 1.65. The van der Waals surface area contributed by atoms with Gasteiger partial charge in [0.2, 0.25) is 5.91 Å². The first-order valence-corrected chi connectivity index (χ1v) is 13.2. The Hall–Kier alpha value is -4.16. The van der Waals surface area contributed by atoms with Crippen molar-refractivity contribution in [2.24, 2.45) is 0 Å². The van der Waals surface area contributed by atoms with Gasteiger partial charge < -0.3 is 15.4 Å². The van der Waals surface area contributed by atoms with E-state index in [1.165, 1.54) is 31.9 Å². The first kappa shape index (κ1) is 25.1. The van der Waals surface area contributed by atoms with Crippen LogP contribution in [0, 0.1) is 6.92 Å². The molecule has 4 aromatic rings. The summed E-state index contributed by atoms with van der Waals surface area (Å²) in [5, 5.41) is 14.5. The van der Waals surface area contributed by atoms with Crippen molar-refractivity contribution in [1.82, 2.24) is 34.3 Å². The van der Waals surface area contributed by atoms with Gasteiger partial charge >= 0.3 is 0 Å². The molecule has 0 spiro atoms. The number of aromatic nitrogens is 6. The highest BCUT2D eigenvalue weighted by Gasteiger charge is 2.39. The molecule has 2 aliphatic heterocycles. The van der Waals surface area contributed by atoms with Crippen molar-refractivity contribution < 1.29 is 14.3 Å². The molecule has 2 amide bonds. The molecule has 4 aromatic heterocycles. The quantitative estimate of drug-likeness (QED) is 0.338. The Balaban J connectivity index is 1.14. The zero-order valence-electron chi connectivity index (χ0n) is 22.0. The van der Waals surface area contributed by atoms with Crippen molar-refractivity contribution in [2.75, 3.05) is 30.9 Å². The van der Waals surface area contributed by atoms with Gasteiger partial charge in [0.1, 0.15) is 0 Å². The van der Waals surface area contributed by atoms with Gasteiger partial charge in [0.25, 0.3) is 5.91 Å². The summed E-state index contributed by atoms with van der Waals surface area (Å²) in [5.74, 6) is -0.403. The van der Waals surface area contributed by atoms with E-state index >= 15 is 0 Å². The largest absolute Gasteiger partial charge is 0.383 e. The number of hydrogen-bond acceptors (Lipinski definition) is 8. The van der Waals surface area contributed by atoms with Crippen molar-refractivity contribution in [3.63, 3.8) is 0 Å². The Morgan fingerprint density at radius 2 is 1.79 bits per heavy atom. The number of hydrogen-bond donors (Lipinski definition) is 2. The molecule has 2 saturated heterocycles. The second-order valence-corrected chi connectivity index (χ2v) is 10.1. The van der Waals surface area contributed by atoms with Crippen molar-refractivity contribution in [3.8, 4) is 11.3 Å². The van der Waals surface area contributed by atoms with E-state index in [9.17, 15) is 9.59 Å². The number of ether oxygens (including phenoxy) is 1. The van der Waals surface area contributed by atoms with Crippen LogP contribution in [-0.2, 0) is 16.1 Å². The van der Waals surface area contributed by atoms with Gasteiger partial charge in [0, 0.05) is 31.0 Å². The average molecular weight is 530 g/mol. The van der Waals surface area contributed by atoms with Crippen molar-refractivity contribution in [2.45, 2.75) is 51.2 Å². The molecule has 0 saturated carbocycles. The van der Waals surface area contributed by atoms with E-state index in [1.807, 2.05) is 6.20 Å². The van der Waals surface area contributed by atoms with Crippen LogP contribution in [0.5, 0.6) is 0 Å². The molecular weight excluding hydrogens is 498 g/mol. The highest BCUT2D eigenvalue weighted by atomic mass is 16.5. The summed E-state index contributed by atoms with van der Waals surface area (Å²) in [4.78, 5) is 37.1. The van der Waals surface area contributed by atoms with E-state index < -0.39 is 0 Å². The topological polar surface area (TPSA) is 132 Å². The number of nitrogens with zero attached hydrogens (tertiary/aromatic N) is 7. The van der Waals surface area contributed by atoms with Crippen LogP contribution in [0.4, 0.5) is 11.4 Å². The highest BCUT2D eigenvalue weighted by Crippen LogP contribution is 2.37. The molecule has 0 atom stereocenters. The van der Waals surface area contributed by atoms with Crippen LogP contribution >= 0.6 is 0 Å². The van der Waals surface area contributed by atoms with Crippen LogP contribution in [0.3, 0.4) is 0 Å². The molecule has 2 fully saturated rings. The fraction of sp³-hybridized carbons (Fsp3) is 0.407. The molecule has 2 bridgehead atoms. The lowest BCUT2D eigenvalue weighted by molar-refractivity contribution is -0.117. The number of carbonyl (C=O) groups is 2. The standard InChI is InChI=1S/C27H31N9O3/c1-17-23(9-19(11-28-17)32-26(37)16-35-20-3-4-21(35)6-5-20)33-27(38)22-12-31-36-15-24(29-13-25(22)36)18-10-30-34(14-18)7-8-39-2/h9-15,20-21H,3-8,16H2,1-2H3,(H,32,37)(H,33,38). The maximum Gasteiger partial charge on any atom is 0.259 e. The Kier molecular flexibility index (Phi) is 6.79. The van der Waals surface area contributed by atoms with Crippen molar-refractivity contribution in [3.05, 3.63) is 54.5 Å². The third-order valence-corrected chi connectivity index (χ3v) is 7.65. The van der Waals surface area contributed by atoms with Crippen LogP contribution < -0.4 is 10.6 Å². The van der Waals surface area contributed by atoms with Gasteiger partial charge in [-0.2, -0.15) is 10.2 Å². The molecule has 0 aromatic carbocycles. The molecule has 12 nitrogen and oxygen atoms in total. The van der Waals surface area contributed by atoms with Gasteiger partial charge in [-0.05, 0) is 38.7 Å². The third kappa shape index (κ3) is 5.12. The number of carbonyl (C=O) groups excluding carboxylic acids is 2. The summed E-state index contributed by atoms with van der Waals surface area (Å²) < 4.78 is 8.51. The summed E-state index contributed by atoms with van der Waals surface area (Å²) in [6.45, 7) is 3.40. The highest BCUT2D eigenvalue weighted by molar-refractivity contribution is 6.09. The van der Waals surface area contributed by atoms with E-state index in [0.29, 0.717) is 65.6 Å². The van der Waals surface area contributed by atoms with Gasteiger partial charge in [-0.25, -0.2) is 4.52 Å². The van der Waals surface area contributed by atoms with Gasteiger partial charge in [-0.1, -0.05) is 0 Å². The van der Waals surface area contributed by atoms with Crippen LogP contribution in [0.25, 0.3) is 16.8 Å². The summed E-state index contributed by atoms with van der Waals surface area (Å²) in [6.07, 6.45) is 14.9. The molecule has 202 valence electrons. The monoisotopic (exact) mass is 529 g/mol. The molecule has 12 heteroatoms. The maximum atomic E-state index is 13.2. The fourth-order valence-electron chi connectivity index (χ4n) is 5.57. The van der Waals surface area contributed by atoms with Gasteiger partial charge in [-0.3, -0.25) is 29.1 Å². The smallest absolute Gasteiger partial charge is 0.259 e. The predicted octanol–water partition coefficient (Wildman–Crippen LogP) is 2.76. The maximum absolute atomic E-state index is 13.2. The molecule has 6 heterocycles. The van der Waals surface area contributed by atoms with E-state index in [1.54, 1.807) is 54.1 Å². The number of nitrogens with one attached hydrogen (secondary N) is 2. The molecule has 0 unspecified atom stereocenters.